The Hall–Kier alpha value is -2.23. The van der Waals surface area contributed by atoms with Crippen molar-refractivity contribution < 1.29 is 8.83 Å². The number of nitrogens with zero attached hydrogens (tertiary/aromatic N) is 1. The molecule has 0 atom stereocenters. The fraction of sp³-hybridized carbons (Fsp3) is 0.312. The molecule has 20 heavy (non-hydrogen) atoms. The van der Waals surface area contributed by atoms with Gasteiger partial charge >= 0.3 is 0 Å². The average molecular weight is 268 g/mol. The lowest BCUT2D eigenvalue weighted by atomic mass is 10.0. The van der Waals surface area contributed by atoms with Crippen LogP contribution < -0.4 is 11.4 Å². The minimum Gasteiger partial charge on any atom is -0.464 e. The topological polar surface area (TPSA) is 64.7 Å². The van der Waals surface area contributed by atoms with Crippen molar-refractivity contribution in [2.75, 3.05) is 0 Å². The highest BCUT2D eigenvalue weighted by atomic mass is 16.3. The number of rotatable bonds is 0. The molecule has 0 bridgehead atoms. The molecule has 4 heteroatoms. The molecule has 0 saturated carbocycles. The van der Waals surface area contributed by atoms with Gasteiger partial charge in [-0.1, -0.05) is 0 Å². The van der Waals surface area contributed by atoms with Crippen molar-refractivity contribution in [2.45, 2.75) is 33.1 Å². The SMILES string of the molecule is Cc1coc2c(C)c3o/c(=N/N)c4c(c3cc12)CCC4. The van der Waals surface area contributed by atoms with Crippen molar-refractivity contribution in [3.63, 3.8) is 0 Å². The summed E-state index contributed by atoms with van der Waals surface area (Å²) in [7, 11) is 0. The number of furan rings is 1. The van der Waals surface area contributed by atoms with Gasteiger partial charge in [0.05, 0.1) is 6.26 Å². The van der Waals surface area contributed by atoms with Gasteiger partial charge < -0.3 is 14.7 Å². The molecule has 0 aliphatic heterocycles. The van der Waals surface area contributed by atoms with E-state index in [-0.39, 0.29) is 0 Å². The fourth-order valence-electron chi connectivity index (χ4n) is 3.33. The highest BCUT2D eigenvalue weighted by Gasteiger charge is 2.21. The third-order valence-corrected chi connectivity index (χ3v) is 4.35. The van der Waals surface area contributed by atoms with Crippen LogP contribution in [0.1, 0.15) is 28.7 Å². The molecule has 0 fully saturated rings. The molecular weight excluding hydrogens is 252 g/mol. The number of hydrogen-bond acceptors (Lipinski definition) is 4. The Balaban J connectivity index is 2.28. The summed E-state index contributed by atoms with van der Waals surface area (Å²) in [5, 5.41) is 6.17. The molecule has 0 radical (unpaired) electrons. The number of nitrogens with two attached hydrogens (primary N) is 1. The molecular formula is C16H16N2O2. The predicted octanol–water partition coefficient (Wildman–Crippen LogP) is 3.06. The molecule has 1 aliphatic carbocycles. The van der Waals surface area contributed by atoms with Crippen LogP contribution in [0.25, 0.3) is 21.9 Å². The van der Waals surface area contributed by atoms with Crippen LogP contribution in [-0.2, 0) is 12.8 Å². The summed E-state index contributed by atoms with van der Waals surface area (Å²) in [6, 6.07) is 2.18. The molecule has 1 aliphatic rings. The number of hydrogen-bond donors (Lipinski definition) is 1. The van der Waals surface area contributed by atoms with E-state index in [4.69, 9.17) is 14.7 Å². The quantitative estimate of drug-likeness (QED) is 0.503. The molecule has 0 unspecified atom stereocenters. The second-order valence-corrected chi connectivity index (χ2v) is 5.52. The van der Waals surface area contributed by atoms with Crippen LogP contribution in [0.5, 0.6) is 0 Å². The zero-order valence-corrected chi connectivity index (χ0v) is 11.6. The maximum Gasteiger partial charge on any atom is 0.239 e. The maximum absolute atomic E-state index is 5.95. The first kappa shape index (κ1) is 11.6. The first-order chi connectivity index (χ1) is 9.70. The Labute approximate surface area is 115 Å². The number of aryl methyl sites for hydroxylation is 3. The number of benzene rings is 1. The lowest BCUT2D eigenvalue weighted by molar-refractivity contribution is 0.524. The molecule has 0 amide bonds. The van der Waals surface area contributed by atoms with Gasteiger partial charge in [0, 0.05) is 21.9 Å². The lowest BCUT2D eigenvalue weighted by Crippen LogP contribution is -2.12. The zero-order valence-electron chi connectivity index (χ0n) is 11.6. The molecule has 4 nitrogen and oxygen atoms in total. The Morgan fingerprint density at radius 2 is 1.90 bits per heavy atom. The minimum atomic E-state index is 0.565. The predicted molar refractivity (Wildman–Crippen MR) is 77.2 cm³/mol. The molecule has 2 heterocycles. The standard InChI is InChI=1S/C16H16N2O2/c1-8-7-19-14-9(2)15-13(6-12(8)14)10-4-3-5-11(10)16(18-17)20-15/h6-7H,3-5,17H2,1-2H3/b18-16+. The van der Waals surface area contributed by atoms with E-state index < -0.39 is 0 Å². The highest BCUT2D eigenvalue weighted by Crippen LogP contribution is 2.35. The van der Waals surface area contributed by atoms with Gasteiger partial charge in [0.25, 0.3) is 0 Å². The average Bonchev–Trinajstić information content (AvgIpc) is 3.06. The third kappa shape index (κ3) is 1.33. The van der Waals surface area contributed by atoms with E-state index in [9.17, 15) is 0 Å². The van der Waals surface area contributed by atoms with E-state index in [2.05, 4.69) is 18.1 Å². The fourth-order valence-corrected chi connectivity index (χ4v) is 3.33. The molecule has 102 valence electrons. The summed E-state index contributed by atoms with van der Waals surface area (Å²) in [5.74, 6) is 5.49. The van der Waals surface area contributed by atoms with Gasteiger partial charge in [-0.2, -0.15) is 0 Å². The Kier molecular flexibility index (Phi) is 2.25. The normalized spacial score (nSPS) is 15.4. The van der Waals surface area contributed by atoms with Gasteiger partial charge in [0.2, 0.25) is 5.55 Å². The van der Waals surface area contributed by atoms with E-state index in [1.54, 1.807) is 6.26 Å². The summed E-state index contributed by atoms with van der Waals surface area (Å²) in [5.41, 5.74) is 6.97. The van der Waals surface area contributed by atoms with Crippen LogP contribution in [0.3, 0.4) is 0 Å². The van der Waals surface area contributed by atoms with Gasteiger partial charge in [-0.3, -0.25) is 0 Å². The number of fused-ring (bicyclic) bond motifs is 4. The largest absolute Gasteiger partial charge is 0.464 e. The van der Waals surface area contributed by atoms with E-state index in [1.807, 2.05) is 6.92 Å². The van der Waals surface area contributed by atoms with Crippen LogP contribution >= 0.6 is 0 Å². The van der Waals surface area contributed by atoms with Crippen molar-refractivity contribution in [3.8, 4) is 0 Å². The molecule has 0 saturated heterocycles. The summed E-state index contributed by atoms with van der Waals surface area (Å²) < 4.78 is 11.6. The minimum absolute atomic E-state index is 0.565. The molecule has 2 aromatic heterocycles. The molecule has 2 N–H and O–H groups in total. The van der Waals surface area contributed by atoms with Crippen LogP contribution in [0.15, 0.2) is 26.3 Å². The van der Waals surface area contributed by atoms with Gasteiger partial charge in [-0.05, 0) is 50.3 Å². The Bertz CT molecular complexity index is 916. The van der Waals surface area contributed by atoms with Gasteiger partial charge in [0.1, 0.15) is 11.2 Å². The van der Waals surface area contributed by atoms with Crippen molar-refractivity contribution >= 4 is 21.9 Å². The van der Waals surface area contributed by atoms with Gasteiger partial charge in [-0.25, -0.2) is 0 Å². The van der Waals surface area contributed by atoms with Crippen molar-refractivity contribution in [2.24, 2.45) is 10.9 Å². The second kappa shape index (κ2) is 3.88. The summed E-state index contributed by atoms with van der Waals surface area (Å²) in [4.78, 5) is 0. The van der Waals surface area contributed by atoms with Crippen LogP contribution in [-0.4, -0.2) is 0 Å². The van der Waals surface area contributed by atoms with E-state index in [0.29, 0.717) is 5.55 Å². The molecule has 0 spiro atoms. The molecule has 4 rings (SSSR count). The van der Waals surface area contributed by atoms with Crippen molar-refractivity contribution in [3.05, 3.63) is 40.1 Å². The Morgan fingerprint density at radius 3 is 2.70 bits per heavy atom. The first-order valence-corrected chi connectivity index (χ1v) is 6.90. The summed E-state index contributed by atoms with van der Waals surface area (Å²) in [6.45, 7) is 4.09. The monoisotopic (exact) mass is 268 g/mol. The molecule has 1 aromatic carbocycles. The second-order valence-electron chi connectivity index (χ2n) is 5.52. The van der Waals surface area contributed by atoms with E-state index >= 15 is 0 Å². The van der Waals surface area contributed by atoms with Gasteiger partial charge in [0.15, 0.2) is 0 Å². The van der Waals surface area contributed by atoms with E-state index in [1.165, 1.54) is 16.5 Å². The Morgan fingerprint density at radius 1 is 1.10 bits per heavy atom. The smallest absolute Gasteiger partial charge is 0.239 e. The van der Waals surface area contributed by atoms with Crippen LogP contribution in [0.2, 0.25) is 0 Å². The third-order valence-electron chi connectivity index (χ3n) is 4.35. The first-order valence-electron chi connectivity index (χ1n) is 6.90. The summed E-state index contributed by atoms with van der Waals surface area (Å²) >= 11 is 0. The van der Waals surface area contributed by atoms with Crippen molar-refractivity contribution in [1.82, 2.24) is 0 Å². The lowest BCUT2D eigenvalue weighted by Gasteiger charge is -2.08. The van der Waals surface area contributed by atoms with E-state index in [0.717, 1.165) is 46.9 Å². The molecule has 3 aromatic rings. The summed E-state index contributed by atoms with van der Waals surface area (Å²) in [6.07, 6.45) is 4.98. The van der Waals surface area contributed by atoms with Crippen LogP contribution in [0.4, 0.5) is 0 Å². The maximum atomic E-state index is 5.95. The highest BCUT2D eigenvalue weighted by molar-refractivity contribution is 5.99. The van der Waals surface area contributed by atoms with Gasteiger partial charge in [-0.15, -0.1) is 5.10 Å². The zero-order chi connectivity index (χ0) is 13.9. The van der Waals surface area contributed by atoms with Crippen LogP contribution in [0, 0.1) is 13.8 Å². The van der Waals surface area contributed by atoms with Crippen molar-refractivity contribution in [1.29, 1.82) is 0 Å².